The van der Waals surface area contributed by atoms with Gasteiger partial charge in [-0.25, -0.2) is 4.98 Å². The number of nitrogens with zero attached hydrogens (tertiary/aromatic N) is 3. The third-order valence-corrected chi connectivity index (χ3v) is 4.00. The van der Waals surface area contributed by atoms with Gasteiger partial charge < -0.3 is 19.8 Å². The van der Waals surface area contributed by atoms with E-state index >= 15 is 0 Å². The van der Waals surface area contributed by atoms with Gasteiger partial charge >= 0.3 is 0 Å². The van der Waals surface area contributed by atoms with Crippen LogP contribution in [0.25, 0.3) is 0 Å². The molecular formula is C16H29N5O2. The van der Waals surface area contributed by atoms with Gasteiger partial charge in [-0.15, -0.1) is 0 Å². The lowest BCUT2D eigenvalue weighted by atomic mass is 10.3. The number of nitrogens with one attached hydrogen (secondary N) is 2. The first-order chi connectivity index (χ1) is 11.2. The van der Waals surface area contributed by atoms with E-state index in [1.807, 2.05) is 13.8 Å². The zero-order chi connectivity index (χ0) is 16.5. The lowest BCUT2D eigenvalue weighted by molar-refractivity contribution is 0.0372. The van der Waals surface area contributed by atoms with Crippen LogP contribution in [0.3, 0.4) is 0 Å². The summed E-state index contributed by atoms with van der Waals surface area (Å²) in [7, 11) is 1.77. The molecule has 1 aliphatic rings. The monoisotopic (exact) mass is 323 g/mol. The maximum atomic E-state index is 5.55. The zero-order valence-corrected chi connectivity index (χ0v) is 14.5. The second-order valence-electron chi connectivity index (χ2n) is 5.76. The number of aliphatic imine (C=N–C) groups is 1. The molecule has 0 saturated carbocycles. The van der Waals surface area contributed by atoms with Crippen molar-refractivity contribution in [1.82, 2.24) is 20.5 Å². The van der Waals surface area contributed by atoms with E-state index in [-0.39, 0.29) is 0 Å². The third-order valence-electron chi connectivity index (χ3n) is 4.00. The van der Waals surface area contributed by atoms with Crippen LogP contribution in [0.4, 0.5) is 0 Å². The molecule has 7 nitrogen and oxygen atoms in total. The number of ether oxygens (including phenoxy) is 1. The number of hydrogen-bond acceptors (Lipinski definition) is 5. The fourth-order valence-corrected chi connectivity index (χ4v) is 2.49. The highest BCUT2D eigenvalue weighted by Crippen LogP contribution is 2.07. The minimum atomic E-state index is 0.544. The summed E-state index contributed by atoms with van der Waals surface area (Å²) in [6.45, 7) is 10.3. The molecule has 23 heavy (non-hydrogen) atoms. The summed E-state index contributed by atoms with van der Waals surface area (Å²) in [5, 5.41) is 6.55. The highest BCUT2D eigenvalue weighted by Gasteiger charge is 2.09. The normalized spacial score (nSPS) is 16.6. The molecule has 0 unspecified atom stereocenters. The largest absolute Gasteiger partial charge is 0.444 e. The first kappa shape index (κ1) is 17.7. The molecule has 0 bridgehead atoms. The van der Waals surface area contributed by atoms with Crippen molar-refractivity contribution in [2.45, 2.75) is 33.2 Å². The summed E-state index contributed by atoms with van der Waals surface area (Å²) in [6, 6.07) is 0. The molecule has 0 aliphatic carbocycles. The molecule has 7 heteroatoms. The highest BCUT2D eigenvalue weighted by atomic mass is 16.5. The van der Waals surface area contributed by atoms with Gasteiger partial charge in [0.05, 0.1) is 25.5 Å². The SMILES string of the molecule is CN=C(NCCCCN1CCOCC1)NCc1nc(C)c(C)o1. The average molecular weight is 323 g/mol. The average Bonchev–Trinajstić information content (AvgIpc) is 2.89. The van der Waals surface area contributed by atoms with Crippen LogP contribution in [0.2, 0.25) is 0 Å². The molecule has 0 aromatic carbocycles. The summed E-state index contributed by atoms with van der Waals surface area (Å²) in [5.41, 5.74) is 0.938. The summed E-state index contributed by atoms with van der Waals surface area (Å²) >= 11 is 0. The molecule has 2 rings (SSSR count). The topological polar surface area (TPSA) is 74.9 Å². The van der Waals surface area contributed by atoms with Crippen molar-refractivity contribution in [3.63, 3.8) is 0 Å². The van der Waals surface area contributed by atoms with Gasteiger partial charge in [-0.2, -0.15) is 0 Å². The van der Waals surface area contributed by atoms with E-state index in [1.54, 1.807) is 7.05 Å². The molecule has 1 fully saturated rings. The predicted octanol–water partition coefficient (Wildman–Crippen LogP) is 1.07. The molecule has 0 radical (unpaired) electrons. The molecular weight excluding hydrogens is 294 g/mol. The third kappa shape index (κ3) is 6.19. The second kappa shape index (κ2) is 9.52. The van der Waals surface area contributed by atoms with Gasteiger partial charge in [0, 0.05) is 26.7 Å². The lowest BCUT2D eigenvalue weighted by Gasteiger charge is -2.26. The molecule has 2 heterocycles. The maximum Gasteiger partial charge on any atom is 0.214 e. The molecule has 1 aliphatic heterocycles. The van der Waals surface area contributed by atoms with Crippen molar-refractivity contribution in [2.24, 2.45) is 4.99 Å². The van der Waals surface area contributed by atoms with Gasteiger partial charge in [0.2, 0.25) is 5.89 Å². The highest BCUT2D eigenvalue weighted by molar-refractivity contribution is 5.79. The van der Waals surface area contributed by atoms with Crippen LogP contribution in [0, 0.1) is 13.8 Å². The standard InChI is InChI=1S/C16H29N5O2/c1-13-14(2)23-15(20-13)12-19-16(17-3)18-6-4-5-7-21-8-10-22-11-9-21/h4-12H2,1-3H3,(H2,17,18,19). The number of guanidine groups is 1. The molecule has 1 saturated heterocycles. The van der Waals surface area contributed by atoms with E-state index in [0.717, 1.165) is 63.2 Å². The Balaban J connectivity index is 1.57. The van der Waals surface area contributed by atoms with Crippen LogP contribution >= 0.6 is 0 Å². The first-order valence-corrected chi connectivity index (χ1v) is 8.36. The number of rotatable bonds is 7. The Morgan fingerprint density at radius 2 is 2.00 bits per heavy atom. The Kier molecular flexibility index (Phi) is 7.35. The van der Waals surface area contributed by atoms with E-state index in [2.05, 4.69) is 25.5 Å². The van der Waals surface area contributed by atoms with Gasteiger partial charge in [0.25, 0.3) is 0 Å². The van der Waals surface area contributed by atoms with Gasteiger partial charge in [-0.05, 0) is 33.2 Å². The predicted molar refractivity (Wildman–Crippen MR) is 90.7 cm³/mol. The van der Waals surface area contributed by atoms with Gasteiger partial charge in [0.1, 0.15) is 5.76 Å². The number of morpholine rings is 1. The van der Waals surface area contributed by atoms with Crippen molar-refractivity contribution in [3.05, 3.63) is 17.3 Å². The maximum absolute atomic E-state index is 5.55. The van der Waals surface area contributed by atoms with E-state index in [9.17, 15) is 0 Å². The fraction of sp³-hybridized carbons (Fsp3) is 0.750. The Morgan fingerprint density at radius 3 is 2.65 bits per heavy atom. The Labute approximate surface area is 138 Å². The minimum absolute atomic E-state index is 0.544. The number of hydrogen-bond donors (Lipinski definition) is 2. The van der Waals surface area contributed by atoms with E-state index in [4.69, 9.17) is 9.15 Å². The van der Waals surface area contributed by atoms with Crippen molar-refractivity contribution in [2.75, 3.05) is 46.4 Å². The van der Waals surface area contributed by atoms with E-state index in [1.165, 1.54) is 6.42 Å². The second-order valence-corrected chi connectivity index (χ2v) is 5.76. The van der Waals surface area contributed by atoms with Crippen molar-refractivity contribution in [1.29, 1.82) is 0 Å². The smallest absolute Gasteiger partial charge is 0.214 e. The van der Waals surface area contributed by atoms with Crippen LogP contribution in [-0.4, -0.2) is 62.3 Å². The van der Waals surface area contributed by atoms with Crippen LogP contribution in [0.5, 0.6) is 0 Å². The van der Waals surface area contributed by atoms with Crippen molar-refractivity contribution >= 4 is 5.96 Å². The van der Waals surface area contributed by atoms with E-state index in [0.29, 0.717) is 12.4 Å². The summed E-state index contributed by atoms with van der Waals surface area (Å²) in [4.78, 5) is 11.0. The number of aryl methyl sites for hydroxylation is 2. The number of aromatic nitrogens is 1. The fourth-order valence-electron chi connectivity index (χ4n) is 2.49. The van der Waals surface area contributed by atoms with Crippen LogP contribution in [-0.2, 0) is 11.3 Å². The molecule has 1 aromatic heterocycles. The quantitative estimate of drug-likeness (QED) is 0.444. The molecule has 2 N–H and O–H groups in total. The minimum Gasteiger partial charge on any atom is -0.444 e. The number of unbranched alkanes of at least 4 members (excludes halogenated alkanes) is 1. The summed E-state index contributed by atoms with van der Waals surface area (Å²) in [6.07, 6.45) is 2.30. The van der Waals surface area contributed by atoms with Crippen LogP contribution < -0.4 is 10.6 Å². The van der Waals surface area contributed by atoms with Crippen molar-refractivity contribution < 1.29 is 9.15 Å². The Bertz CT molecular complexity index is 475. The van der Waals surface area contributed by atoms with Crippen molar-refractivity contribution in [3.8, 4) is 0 Å². The Morgan fingerprint density at radius 1 is 1.22 bits per heavy atom. The molecule has 0 spiro atoms. The molecule has 0 amide bonds. The lowest BCUT2D eigenvalue weighted by Crippen LogP contribution is -2.38. The first-order valence-electron chi connectivity index (χ1n) is 8.36. The van der Waals surface area contributed by atoms with Crippen LogP contribution in [0.15, 0.2) is 9.41 Å². The van der Waals surface area contributed by atoms with Gasteiger partial charge in [-0.3, -0.25) is 9.89 Å². The van der Waals surface area contributed by atoms with E-state index < -0.39 is 0 Å². The summed E-state index contributed by atoms with van der Waals surface area (Å²) < 4.78 is 10.9. The zero-order valence-electron chi connectivity index (χ0n) is 14.5. The number of oxazole rings is 1. The molecule has 0 atom stereocenters. The van der Waals surface area contributed by atoms with Gasteiger partial charge in [0.15, 0.2) is 5.96 Å². The molecule has 1 aromatic rings. The van der Waals surface area contributed by atoms with Crippen LogP contribution in [0.1, 0.15) is 30.2 Å². The Hall–Kier alpha value is -1.60. The van der Waals surface area contributed by atoms with Gasteiger partial charge in [-0.1, -0.05) is 0 Å². The molecule has 130 valence electrons. The summed E-state index contributed by atoms with van der Waals surface area (Å²) in [5.74, 6) is 2.34.